The molecule has 7 nitrogen and oxygen atoms in total. The van der Waals surface area contributed by atoms with Crippen LogP contribution >= 0.6 is 11.8 Å². The highest BCUT2D eigenvalue weighted by Gasteiger charge is 2.27. The molecule has 1 aromatic heterocycles. The lowest BCUT2D eigenvalue weighted by molar-refractivity contribution is -0.672. The van der Waals surface area contributed by atoms with Gasteiger partial charge in [-0.15, -0.1) is 11.8 Å². The Morgan fingerprint density at radius 1 is 1.36 bits per heavy atom. The summed E-state index contributed by atoms with van der Waals surface area (Å²) in [7, 11) is 1.56. The molecule has 0 saturated heterocycles. The summed E-state index contributed by atoms with van der Waals surface area (Å²) in [4.78, 5) is 13.6. The molecule has 0 atom stereocenters. The third-order valence-corrected chi connectivity index (χ3v) is 4.84. The van der Waals surface area contributed by atoms with E-state index in [-0.39, 0.29) is 17.2 Å². The molecular weight excluding hydrogens is 342 g/mol. The number of nitrogens with zero attached hydrogens (tertiary/aromatic N) is 2. The average Bonchev–Trinajstić information content (AvgIpc) is 3.02. The summed E-state index contributed by atoms with van der Waals surface area (Å²) in [6.45, 7) is 0. The molecule has 8 heteroatoms. The van der Waals surface area contributed by atoms with Crippen molar-refractivity contribution in [3.8, 4) is 17.4 Å². The van der Waals surface area contributed by atoms with E-state index in [1.807, 2.05) is 12.2 Å². The van der Waals surface area contributed by atoms with Crippen LogP contribution in [0.25, 0.3) is 5.69 Å². The molecular formula is C17H17N3O4S. The molecule has 0 bridgehead atoms. The van der Waals surface area contributed by atoms with Gasteiger partial charge in [-0.2, -0.15) is 0 Å². The van der Waals surface area contributed by atoms with Crippen molar-refractivity contribution < 1.29 is 23.8 Å². The van der Waals surface area contributed by atoms with Gasteiger partial charge in [-0.3, -0.25) is 4.79 Å². The quantitative estimate of drug-likeness (QED) is 0.615. The largest absolute Gasteiger partial charge is 0.539 e. The van der Waals surface area contributed by atoms with E-state index in [4.69, 9.17) is 10.5 Å². The van der Waals surface area contributed by atoms with E-state index in [0.29, 0.717) is 11.4 Å². The number of hydrogen-bond acceptors (Lipinski definition) is 7. The fraction of sp³-hybridized carbons (Fsp3) is 0.235. The fourth-order valence-electron chi connectivity index (χ4n) is 2.36. The van der Waals surface area contributed by atoms with Crippen molar-refractivity contribution in [2.45, 2.75) is 12.8 Å². The van der Waals surface area contributed by atoms with Gasteiger partial charge in [0.05, 0.1) is 18.1 Å². The lowest BCUT2D eigenvalue weighted by Gasteiger charge is -2.10. The summed E-state index contributed by atoms with van der Waals surface area (Å²) < 4.78 is 11.0. The normalized spacial score (nSPS) is 14.0. The number of aromatic nitrogens is 2. The number of benzene rings is 1. The summed E-state index contributed by atoms with van der Waals surface area (Å²) >= 11 is 1.39. The van der Waals surface area contributed by atoms with Crippen LogP contribution in [0.5, 0.6) is 11.7 Å². The van der Waals surface area contributed by atoms with Crippen LogP contribution < -0.4 is 20.3 Å². The summed E-state index contributed by atoms with van der Waals surface area (Å²) in [6, 6.07) is 6.83. The number of ketones is 1. The monoisotopic (exact) mass is 359 g/mol. The topological polar surface area (TPSA) is 105 Å². The van der Waals surface area contributed by atoms with Crippen molar-refractivity contribution in [2.24, 2.45) is 5.73 Å². The van der Waals surface area contributed by atoms with Crippen molar-refractivity contribution >= 4 is 17.5 Å². The van der Waals surface area contributed by atoms with Gasteiger partial charge in [0.2, 0.25) is 11.5 Å². The number of nitrogens with two attached hydrogens (primary N) is 1. The first-order valence-corrected chi connectivity index (χ1v) is 8.61. The second kappa shape index (κ2) is 7.43. The Kier molecular flexibility index (Phi) is 5.08. The number of carbonyl (C=O) groups excluding carboxylic acids is 1. The van der Waals surface area contributed by atoms with Gasteiger partial charge in [0.15, 0.2) is 5.95 Å². The van der Waals surface area contributed by atoms with Crippen LogP contribution in [0.3, 0.4) is 0 Å². The number of ether oxygens (including phenoxy) is 1. The first-order valence-electron chi connectivity index (χ1n) is 7.63. The number of allylic oxidation sites excluding steroid dienone is 4. The summed E-state index contributed by atoms with van der Waals surface area (Å²) in [5.41, 5.74) is 7.00. The number of hydrogen-bond donors (Lipinski definition) is 1. The van der Waals surface area contributed by atoms with Crippen molar-refractivity contribution in [3.05, 3.63) is 52.7 Å². The number of Topliss-reactive ketones (excluding diaryl/α,β-unsaturated/α-hetero) is 1. The minimum atomic E-state index is -0.747. The summed E-state index contributed by atoms with van der Waals surface area (Å²) in [5, 5.41) is 15.6. The minimum Gasteiger partial charge on any atom is -0.539 e. The van der Waals surface area contributed by atoms with Crippen LogP contribution in [-0.2, 0) is 0 Å². The zero-order valence-corrected chi connectivity index (χ0v) is 14.4. The van der Waals surface area contributed by atoms with Gasteiger partial charge < -0.3 is 20.1 Å². The third-order valence-electron chi connectivity index (χ3n) is 3.72. The number of carbonyl (C=O) groups is 1. The van der Waals surface area contributed by atoms with Crippen LogP contribution in [-0.4, -0.2) is 23.9 Å². The zero-order chi connectivity index (χ0) is 17.8. The van der Waals surface area contributed by atoms with E-state index >= 15 is 0 Å². The molecule has 1 aromatic carbocycles. The number of rotatable bonds is 6. The van der Waals surface area contributed by atoms with Crippen LogP contribution in [0, 0.1) is 0 Å². The molecule has 2 aromatic rings. The molecule has 0 radical (unpaired) electrons. The smallest absolute Gasteiger partial charge is 0.307 e. The molecule has 1 aliphatic carbocycles. The van der Waals surface area contributed by atoms with Gasteiger partial charge in [-0.1, -0.05) is 6.08 Å². The molecule has 0 aliphatic heterocycles. The Labute approximate surface area is 148 Å². The second-order valence-electron chi connectivity index (χ2n) is 5.41. The Hall–Kier alpha value is -2.74. The maximum atomic E-state index is 12.5. The molecule has 0 spiro atoms. The SMILES string of the molecule is COc1ccc(-[n+]2noc([O-])c2C(=O)CSC2=CC=C(N)CC2)cc1. The first kappa shape index (κ1) is 17.1. The van der Waals surface area contributed by atoms with Gasteiger partial charge in [0.1, 0.15) is 5.75 Å². The zero-order valence-electron chi connectivity index (χ0n) is 13.6. The van der Waals surface area contributed by atoms with Crippen LogP contribution in [0.1, 0.15) is 23.3 Å². The first-order chi connectivity index (χ1) is 12.1. The molecule has 1 heterocycles. The Bertz CT molecular complexity index is 840. The molecule has 1 aliphatic rings. The molecule has 0 unspecified atom stereocenters. The molecule has 2 N–H and O–H groups in total. The molecule has 0 amide bonds. The van der Waals surface area contributed by atoms with Gasteiger partial charge in [0.25, 0.3) is 0 Å². The van der Waals surface area contributed by atoms with Crippen LogP contribution in [0.15, 0.2) is 51.5 Å². The Morgan fingerprint density at radius 3 is 2.76 bits per heavy atom. The van der Waals surface area contributed by atoms with E-state index < -0.39 is 5.95 Å². The Balaban J connectivity index is 1.77. The van der Waals surface area contributed by atoms with Crippen molar-refractivity contribution in [1.82, 2.24) is 5.27 Å². The lowest BCUT2D eigenvalue weighted by atomic mass is 10.1. The molecule has 0 saturated carbocycles. The maximum Gasteiger partial charge on any atom is 0.307 e. The van der Waals surface area contributed by atoms with E-state index in [1.165, 1.54) is 16.4 Å². The van der Waals surface area contributed by atoms with E-state index in [1.54, 1.807) is 31.4 Å². The van der Waals surface area contributed by atoms with E-state index in [2.05, 4.69) is 9.79 Å². The summed E-state index contributed by atoms with van der Waals surface area (Å²) in [5.74, 6) is -0.291. The van der Waals surface area contributed by atoms with Crippen LogP contribution in [0.4, 0.5) is 0 Å². The maximum absolute atomic E-state index is 12.5. The fourth-order valence-corrected chi connectivity index (χ4v) is 3.22. The predicted octanol–water partition coefficient (Wildman–Crippen LogP) is 1.47. The number of methoxy groups -OCH3 is 1. The van der Waals surface area contributed by atoms with Crippen molar-refractivity contribution in [1.29, 1.82) is 0 Å². The lowest BCUT2D eigenvalue weighted by Crippen LogP contribution is -2.39. The van der Waals surface area contributed by atoms with E-state index in [9.17, 15) is 9.90 Å². The van der Waals surface area contributed by atoms with Gasteiger partial charge >= 0.3 is 5.69 Å². The van der Waals surface area contributed by atoms with Crippen molar-refractivity contribution in [2.75, 3.05) is 12.9 Å². The molecule has 0 fully saturated rings. The van der Waals surface area contributed by atoms with Crippen molar-refractivity contribution in [3.63, 3.8) is 0 Å². The summed E-state index contributed by atoms with van der Waals surface area (Å²) in [6.07, 6.45) is 5.32. The highest BCUT2D eigenvalue weighted by atomic mass is 32.2. The number of thioether (sulfide) groups is 1. The van der Waals surface area contributed by atoms with Crippen LogP contribution in [0.2, 0.25) is 0 Å². The van der Waals surface area contributed by atoms with Gasteiger partial charge in [0, 0.05) is 17.8 Å². The average molecular weight is 359 g/mol. The van der Waals surface area contributed by atoms with E-state index in [0.717, 1.165) is 23.4 Å². The molecule has 3 rings (SSSR count). The highest BCUT2D eigenvalue weighted by Crippen LogP contribution is 2.27. The third kappa shape index (κ3) is 3.85. The van der Waals surface area contributed by atoms with Gasteiger partial charge in [-0.05, 0) is 40.6 Å². The standard InChI is InChI=1S/C17H17N3O4S/c1-23-13-6-4-12(5-7-13)20-16(17(22)24-19-20)15(21)10-25-14-8-2-11(18)3-9-14/h2,4-8H,3,9-10,18H2,1H3. The second-order valence-corrected chi connectivity index (χ2v) is 6.51. The molecule has 25 heavy (non-hydrogen) atoms. The van der Waals surface area contributed by atoms with Gasteiger partial charge in [-0.25, -0.2) is 0 Å². The predicted molar refractivity (Wildman–Crippen MR) is 90.4 cm³/mol. The highest BCUT2D eigenvalue weighted by molar-refractivity contribution is 8.03. The Morgan fingerprint density at radius 2 is 2.12 bits per heavy atom. The minimum absolute atomic E-state index is 0.0934. The molecule has 130 valence electrons.